The fourth-order valence-electron chi connectivity index (χ4n) is 3.94. The maximum atomic E-state index is 12.6. The van der Waals surface area contributed by atoms with Gasteiger partial charge in [0, 0.05) is 29.7 Å². The van der Waals surface area contributed by atoms with Crippen LogP contribution in [0.5, 0.6) is 0 Å². The number of benzene rings is 1. The van der Waals surface area contributed by atoms with Gasteiger partial charge < -0.3 is 15.0 Å². The van der Waals surface area contributed by atoms with Gasteiger partial charge in [0.25, 0.3) is 0 Å². The van der Waals surface area contributed by atoms with Gasteiger partial charge in [-0.2, -0.15) is 0 Å². The summed E-state index contributed by atoms with van der Waals surface area (Å²) in [7, 11) is 0. The van der Waals surface area contributed by atoms with E-state index in [1.165, 1.54) is 12.0 Å². The molecule has 1 aromatic carbocycles. The highest BCUT2D eigenvalue weighted by Crippen LogP contribution is 2.45. The van der Waals surface area contributed by atoms with Gasteiger partial charge in [0.1, 0.15) is 5.60 Å². The van der Waals surface area contributed by atoms with Crippen LogP contribution in [0.3, 0.4) is 0 Å². The van der Waals surface area contributed by atoms with Crippen LogP contribution in [0.1, 0.15) is 58.4 Å². The Morgan fingerprint density at radius 3 is 2.76 bits per heavy atom. The second-order valence-corrected chi connectivity index (χ2v) is 8.85. The molecule has 3 rings (SSSR count). The molecule has 1 saturated carbocycles. The summed E-state index contributed by atoms with van der Waals surface area (Å²) in [5.74, 6) is 0. The SMILES string of the molecule is CC(C)(C)OC(=O)N1CCC(NCc2cccc(Cl)c2)CC12CCC2. The van der Waals surface area contributed by atoms with Crippen molar-refractivity contribution in [3.63, 3.8) is 0 Å². The second kappa shape index (κ2) is 7.16. The maximum absolute atomic E-state index is 12.6. The molecule has 4 nitrogen and oxygen atoms in total. The van der Waals surface area contributed by atoms with E-state index in [0.717, 1.165) is 43.8 Å². The Morgan fingerprint density at radius 1 is 1.40 bits per heavy atom. The van der Waals surface area contributed by atoms with Gasteiger partial charge in [-0.1, -0.05) is 23.7 Å². The first-order valence-electron chi connectivity index (χ1n) is 9.26. The van der Waals surface area contributed by atoms with Crippen molar-refractivity contribution >= 4 is 17.7 Å². The smallest absolute Gasteiger partial charge is 0.410 e. The zero-order valence-corrected chi connectivity index (χ0v) is 16.2. The maximum Gasteiger partial charge on any atom is 0.410 e. The second-order valence-electron chi connectivity index (χ2n) is 8.41. The van der Waals surface area contributed by atoms with Crippen molar-refractivity contribution in [3.05, 3.63) is 34.9 Å². The Hall–Kier alpha value is -1.26. The van der Waals surface area contributed by atoms with Crippen molar-refractivity contribution in [1.29, 1.82) is 0 Å². The first kappa shape index (κ1) is 18.5. The van der Waals surface area contributed by atoms with Crippen LogP contribution in [0.15, 0.2) is 24.3 Å². The predicted molar refractivity (Wildman–Crippen MR) is 101 cm³/mol. The molecule has 0 bridgehead atoms. The average molecular weight is 365 g/mol. The first-order chi connectivity index (χ1) is 11.8. The van der Waals surface area contributed by atoms with Crippen LogP contribution >= 0.6 is 11.6 Å². The highest BCUT2D eigenvalue weighted by Gasteiger charge is 2.49. The number of carbonyl (C=O) groups excluding carboxylic acids is 1. The van der Waals surface area contributed by atoms with Gasteiger partial charge in [-0.25, -0.2) is 4.79 Å². The monoisotopic (exact) mass is 364 g/mol. The molecule has 1 amide bonds. The van der Waals surface area contributed by atoms with Crippen molar-refractivity contribution in [1.82, 2.24) is 10.2 Å². The molecule has 1 heterocycles. The molecule has 0 aromatic heterocycles. The molecule has 5 heteroatoms. The zero-order valence-electron chi connectivity index (χ0n) is 15.5. The fourth-order valence-corrected chi connectivity index (χ4v) is 4.15. The standard InChI is InChI=1S/C20H29ClN2O2/c1-19(2,3)25-18(24)23-11-8-17(13-20(23)9-5-10-20)22-14-15-6-4-7-16(21)12-15/h4,6-7,12,17,22H,5,8-11,13-14H2,1-3H3. The van der Waals surface area contributed by atoms with E-state index in [4.69, 9.17) is 16.3 Å². The van der Waals surface area contributed by atoms with Gasteiger partial charge in [0.05, 0.1) is 0 Å². The van der Waals surface area contributed by atoms with E-state index in [0.29, 0.717) is 6.04 Å². The Kier molecular flexibility index (Phi) is 5.31. The molecule has 1 unspecified atom stereocenters. The quantitative estimate of drug-likeness (QED) is 0.841. The topological polar surface area (TPSA) is 41.6 Å². The van der Waals surface area contributed by atoms with Crippen LogP contribution in [-0.4, -0.2) is 34.7 Å². The van der Waals surface area contributed by atoms with Gasteiger partial charge >= 0.3 is 6.09 Å². The van der Waals surface area contributed by atoms with Gasteiger partial charge in [0.2, 0.25) is 0 Å². The third-order valence-electron chi connectivity index (χ3n) is 5.28. The lowest BCUT2D eigenvalue weighted by Gasteiger charge is -2.54. The molecule has 2 aliphatic rings. The highest BCUT2D eigenvalue weighted by molar-refractivity contribution is 6.30. The van der Waals surface area contributed by atoms with E-state index in [1.807, 2.05) is 43.9 Å². The number of ether oxygens (including phenoxy) is 1. The molecule has 1 aromatic rings. The van der Waals surface area contributed by atoms with Crippen LogP contribution in [-0.2, 0) is 11.3 Å². The number of carbonyl (C=O) groups is 1. The Bertz CT molecular complexity index is 622. The van der Waals surface area contributed by atoms with E-state index in [2.05, 4.69) is 11.4 Å². The van der Waals surface area contributed by atoms with Crippen molar-refractivity contribution in [2.24, 2.45) is 0 Å². The summed E-state index contributed by atoms with van der Waals surface area (Å²) in [6.45, 7) is 7.36. The molecule has 2 fully saturated rings. The molecule has 25 heavy (non-hydrogen) atoms. The fraction of sp³-hybridized carbons (Fsp3) is 0.650. The number of hydrogen-bond acceptors (Lipinski definition) is 3. The lowest BCUT2D eigenvalue weighted by molar-refractivity contribution is -0.0494. The number of nitrogens with zero attached hydrogens (tertiary/aromatic N) is 1. The zero-order chi connectivity index (χ0) is 18.1. The Morgan fingerprint density at radius 2 is 2.16 bits per heavy atom. The summed E-state index contributed by atoms with van der Waals surface area (Å²) in [5.41, 5.74) is 0.751. The molecule has 138 valence electrons. The summed E-state index contributed by atoms with van der Waals surface area (Å²) in [4.78, 5) is 14.6. The third-order valence-corrected chi connectivity index (χ3v) is 5.52. The Balaban J connectivity index is 1.60. The summed E-state index contributed by atoms with van der Waals surface area (Å²) < 4.78 is 5.64. The van der Waals surface area contributed by atoms with Crippen LogP contribution in [0.2, 0.25) is 5.02 Å². The molecule has 1 aliphatic heterocycles. The normalized spacial score (nSPS) is 22.6. The summed E-state index contributed by atoms with van der Waals surface area (Å²) in [5, 5.41) is 4.43. The van der Waals surface area contributed by atoms with Crippen molar-refractivity contribution in [2.45, 2.75) is 76.6 Å². The number of halogens is 1. The largest absolute Gasteiger partial charge is 0.444 e. The Labute approximate surface area is 155 Å². The van der Waals surface area contributed by atoms with Crippen molar-refractivity contribution < 1.29 is 9.53 Å². The van der Waals surface area contributed by atoms with Crippen LogP contribution in [0, 0.1) is 0 Å². The number of piperidine rings is 1. The van der Waals surface area contributed by atoms with Gasteiger partial charge in [0.15, 0.2) is 0 Å². The summed E-state index contributed by atoms with van der Waals surface area (Å²) in [6.07, 6.45) is 5.18. The predicted octanol–water partition coefficient (Wildman–Crippen LogP) is 4.75. The minimum absolute atomic E-state index is 0.00736. The van der Waals surface area contributed by atoms with Crippen LogP contribution in [0.25, 0.3) is 0 Å². The minimum Gasteiger partial charge on any atom is -0.444 e. The van der Waals surface area contributed by atoms with Crippen molar-refractivity contribution in [2.75, 3.05) is 6.54 Å². The first-order valence-corrected chi connectivity index (χ1v) is 9.64. The number of hydrogen-bond donors (Lipinski definition) is 1. The van der Waals surface area contributed by atoms with E-state index in [9.17, 15) is 4.79 Å². The molecule has 1 saturated heterocycles. The number of likely N-dealkylation sites (tertiary alicyclic amines) is 1. The van der Waals surface area contributed by atoms with Crippen LogP contribution < -0.4 is 5.32 Å². The van der Waals surface area contributed by atoms with Gasteiger partial charge in [-0.3, -0.25) is 0 Å². The van der Waals surface area contributed by atoms with Crippen molar-refractivity contribution in [3.8, 4) is 0 Å². The molecule has 1 N–H and O–H groups in total. The van der Waals surface area contributed by atoms with Gasteiger partial charge in [-0.05, 0) is 70.6 Å². The molecular weight excluding hydrogens is 336 g/mol. The lowest BCUT2D eigenvalue weighted by atomic mass is 9.69. The van der Waals surface area contributed by atoms with E-state index in [-0.39, 0.29) is 11.6 Å². The molecule has 1 spiro atoms. The average Bonchev–Trinajstić information content (AvgIpc) is 2.49. The van der Waals surface area contributed by atoms with Gasteiger partial charge in [-0.15, -0.1) is 0 Å². The molecule has 1 atom stereocenters. The highest BCUT2D eigenvalue weighted by atomic mass is 35.5. The molecule has 1 aliphatic carbocycles. The lowest BCUT2D eigenvalue weighted by Crippen LogP contribution is -2.63. The minimum atomic E-state index is -0.441. The van der Waals surface area contributed by atoms with E-state index < -0.39 is 5.60 Å². The molecular formula is C20H29ClN2O2. The summed E-state index contributed by atoms with van der Waals surface area (Å²) >= 11 is 6.06. The van der Waals surface area contributed by atoms with Crippen LogP contribution in [0.4, 0.5) is 4.79 Å². The number of amides is 1. The summed E-state index contributed by atoms with van der Waals surface area (Å²) in [6, 6.07) is 8.40. The third kappa shape index (κ3) is 4.48. The van der Waals surface area contributed by atoms with E-state index in [1.54, 1.807) is 0 Å². The number of rotatable bonds is 3. The van der Waals surface area contributed by atoms with E-state index >= 15 is 0 Å². The molecule has 0 radical (unpaired) electrons. The number of nitrogens with one attached hydrogen (secondary N) is 1.